The highest BCUT2D eigenvalue weighted by atomic mass is 16.5. The van der Waals surface area contributed by atoms with E-state index in [2.05, 4.69) is 36.1 Å². The Hall–Kier alpha value is -2.53. The number of carbonyl (C=O) groups excluding carboxylic acids is 1. The minimum Gasteiger partial charge on any atom is -0.493 e. The molecule has 0 fully saturated rings. The number of ether oxygens (including phenoxy) is 2. The van der Waals surface area contributed by atoms with E-state index in [0.29, 0.717) is 6.42 Å². The van der Waals surface area contributed by atoms with Crippen LogP contribution in [0.25, 0.3) is 0 Å². The fourth-order valence-electron chi connectivity index (χ4n) is 4.45. The molecule has 0 saturated heterocycles. The molecule has 2 heterocycles. The predicted molar refractivity (Wildman–Crippen MR) is 110 cm³/mol. The fraction of sp³-hybridized carbons (Fsp3) is 0.435. The molecule has 2 aromatic rings. The molecular formula is C23H28N2O3. The summed E-state index contributed by atoms with van der Waals surface area (Å²) in [6.45, 7) is 4.71. The SMILES string of the molecule is COc1cc2c(cc1OC)CN(CCC(=O)N1c3ccccc3CC1C)CC2. The first kappa shape index (κ1) is 18.8. The Morgan fingerprint density at radius 2 is 1.79 bits per heavy atom. The van der Waals surface area contributed by atoms with Gasteiger partial charge in [-0.15, -0.1) is 0 Å². The maximum Gasteiger partial charge on any atom is 0.228 e. The van der Waals surface area contributed by atoms with Gasteiger partial charge in [0.15, 0.2) is 11.5 Å². The van der Waals surface area contributed by atoms with Crippen molar-refractivity contribution in [2.24, 2.45) is 0 Å². The molecule has 0 saturated carbocycles. The van der Waals surface area contributed by atoms with Gasteiger partial charge < -0.3 is 14.4 Å². The van der Waals surface area contributed by atoms with Gasteiger partial charge in [-0.25, -0.2) is 0 Å². The van der Waals surface area contributed by atoms with Crippen LogP contribution in [0.5, 0.6) is 11.5 Å². The summed E-state index contributed by atoms with van der Waals surface area (Å²) in [6, 6.07) is 12.6. The number of hydrogen-bond acceptors (Lipinski definition) is 4. The second-order valence-corrected chi connectivity index (χ2v) is 7.70. The highest BCUT2D eigenvalue weighted by molar-refractivity contribution is 5.96. The third-order valence-electron chi connectivity index (χ3n) is 5.91. The lowest BCUT2D eigenvalue weighted by molar-refractivity contribution is -0.119. The molecule has 0 radical (unpaired) electrons. The standard InChI is InChI=1S/C23H28N2O3/c1-16-12-18-6-4-5-7-20(18)25(16)23(26)9-11-24-10-8-17-13-21(27-2)22(28-3)14-19(17)15-24/h4-7,13-14,16H,8-12,15H2,1-3H3. The van der Waals surface area contributed by atoms with Crippen molar-refractivity contribution < 1.29 is 14.3 Å². The van der Waals surface area contributed by atoms with Gasteiger partial charge >= 0.3 is 0 Å². The summed E-state index contributed by atoms with van der Waals surface area (Å²) in [6.07, 6.45) is 2.45. The number of hydrogen-bond donors (Lipinski definition) is 0. The molecule has 0 aromatic heterocycles. The van der Waals surface area contributed by atoms with Crippen molar-refractivity contribution in [1.29, 1.82) is 0 Å². The quantitative estimate of drug-likeness (QED) is 0.797. The van der Waals surface area contributed by atoms with Crippen LogP contribution in [-0.4, -0.2) is 44.2 Å². The fourth-order valence-corrected chi connectivity index (χ4v) is 4.45. The largest absolute Gasteiger partial charge is 0.493 e. The first-order chi connectivity index (χ1) is 13.6. The zero-order valence-electron chi connectivity index (χ0n) is 16.9. The molecule has 28 heavy (non-hydrogen) atoms. The predicted octanol–water partition coefficient (Wildman–Crippen LogP) is 3.43. The minimum absolute atomic E-state index is 0.218. The van der Waals surface area contributed by atoms with Crippen LogP contribution in [0.15, 0.2) is 36.4 Å². The molecule has 2 aliphatic rings. The summed E-state index contributed by atoms with van der Waals surface area (Å²) in [5.41, 5.74) is 4.93. The van der Waals surface area contributed by atoms with Gasteiger partial charge in [-0.3, -0.25) is 9.69 Å². The van der Waals surface area contributed by atoms with Crippen LogP contribution in [0.3, 0.4) is 0 Å². The molecule has 1 unspecified atom stereocenters. The molecule has 0 bridgehead atoms. The Balaban J connectivity index is 1.41. The molecule has 1 amide bonds. The highest BCUT2D eigenvalue weighted by Crippen LogP contribution is 2.34. The average Bonchev–Trinajstić information content (AvgIpc) is 3.06. The Bertz CT molecular complexity index is 880. The minimum atomic E-state index is 0.218. The van der Waals surface area contributed by atoms with Crippen LogP contribution in [0.4, 0.5) is 5.69 Å². The second kappa shape index (κ2) is 7.84. The van der Waals surface area contributed by atoms with Crippen molar-refractivity contribution in [2.45, 2.75) is 38.8 Å². The Morgan fingerprint density at radius 3 is 2.54 bits per heavy atom. The van der Waals surface area contributed by atoms with E-state index in [1.165, 1.54) is 16.7 Å². The van der Waals surface area contributed by atoms with Crippen molar-refractivity contribution in [2.75, 3.05) is 32.2 Å². The van der Waals surface area contributed by atoms with E-state index >= 15 is 0 Å². The van der Waals surface area contributed by atoms with Gasteiger partial charge in [-0.1, -0.05) is 18.2 Å². The van der Waals surface area contributed by atoms with Crippen LogP contribution in [0.2, 0.25) is 0 Å². The number of nitrogens with zero attached hydrogens (tertiary/aromatic N) is 2. The molecule has 0 N–H and O–H groups in total. The zero-order chi connectivity index (χ0) is 19.7. The smallest absolute Gasteiger partial charge is 0.228 e. The van der Waals surface area contributed by atoms with Crippen LogP contribution in [0.1, 0.15) is 30.0 Å². The zero-order valence-corrected chi connectivity index (χ0v) is 16.9. The van der Waals surface area contributed by atoms with E-state index in [1.54, 1.807) is 14.2 Å². The van der Waals surface area contributed by atoms with Crippen molar-refractivity contribution in [3.63, 3.8) is 0 Å². The van der Waals surface area contributed by atoms with Crippen LogP contribution < -0.4 is 14.4 Å². The molecule has 5 nitrogen and oxygen atoms in total. The maximum atomic E-state index is 13.0. The van der Waals surface area contributed by atoms with Gasteiger partial charge in [0.05, 0.1) is 14.2 Å². The highest BCUT2D eigenvalue weighted by Gasteiger charge is 2.30. The van der Waals surface area contributed by atoms with E-state index in [-0.39, 0.29) is 11.9 Å². The first-order valence-corrected chi connectivity index (χ1v) is 9.96. The summed E-state index contributed by atoms with van der Waals surface area (Å²) in [4.78, 5) is 17.3. The van der Waals surface area contributed by atoms with Crippen molar-refractivity contribution in [3.05, 3.63) is 53.1 Å². The van der Waals surface area contributed by atoms with E-state index in [0.717, 1.165) is 49.7 Å². The Labute approximate surface area is 166 Å². The molecule has 2 aromatic carbocycles. The monoisotopic (exact) mass is 380 g/mol. The third kappa shape index (κ3) is 3.47. The number of anilines is 1. The van der Waals surface area contributed by atoms with Crippen LogP contribution in [-0.2, 0) is 24.2 Å². The normalized spacial score (nSPS) is 18.5. The molecule has 2 aliphatic heterocycles. The van der Waals surface area contributed by atoms with Crippen molar-refractivity contribution >= 4 is 11.6 Å². The number of amides is 1. The van der Waals surface area contributed by atoms with Crippen molar-refractivity contribution in [1.82, 2.24) is 4.90 Å². The molecular weight excluding hydrogens is 352 g/mol. The van der Waals surface area contributed by atoms with Gasteiger partial charge in [-0.2, -0.15) is 0 Å². The summed E-state index contributed by atoms with van der Waals surface area (Å²) < 4.78 is 10.9. The molecule has 1 atom stereocenters. The number of para-hydroxylation sites is 1. The lowest BCUT2D eigenvalue weighted by atomic mass is 9.98. The Kier molecular flexibility index (Phi) is 5.27. The number of rotatable bonds is 5. The summed E-state index contributed by atoms with van der Waals surface area (Å²) in [5, 5.41) is 0. The second-order valence-electron chi connectivity index (χ2n) is 7.70. The summed E-state index contributed by atoms with van der Waals surface area (Å²) in [7, 11) is 3.33. The number of methoxy groups -OCH3 is 2. The third-order valence-corrected chi connectivity index (χ3v) is 5.91. The van der Waals surface area contributed by atoms with Crippen LogP contribution >= 0.6 is 0 Å². The van der Waals surface area contributed by atoms with Gasteiger partial charge in [0.2, 0.25) is 5.91 Å². The van der Waals surface area contributed by atoms with Gasteiger partial charge in [0.1, 0.15) is 0 Å². The lowest BCUT2D eigenvalue weighted by Crippen LogP contribution is -2.39. The average molecular weight is 380 g/mol. The lowest BCUT2D eigenvalue weighted by Gasteiger charge is -2.30. The topological polar surface area (TPSA) is 42.0 Å². The molecule has 0 aliphatic carbocycles. The first-order valence-electron chi connectivity index (χ1n) is 9.96. The molecule has 5 heteroatoms. The van der Waals surface area contributed by atoms with Gasteiger partial charge in [0, 0.05) is 37.8 Å². The number of carbonyl (C=O) groups is 1. The molecule has 148 valence electrons. The van der Waals surface area contributed by atoms with Crippen molar-refractivity contribution in [3.8, 4) is 11.5 Å². The Morgan fingerprint density at radius 1 is 1.07 bits per heavy atom. The van der Waals surface area contributed by atoms with E-state index < -0.39 is 0 Å². The summed E-state index contributed by atoms with van der Waals surface area (Å²) in [5.74, 6) is 1.77. The van der Waals surface area contributed by atoms with Gasteiger partial charge in [0.25, 0.3) is 0 Å². The van der Waals surface area contributed by atoms with E-state index in [1.807, 2.05) is 17.0 Å². The van der Waals surface area contributed by atoms with E-state index in [4.69, 9.17) is 9.47 Å². The summed E-state index contributed by atoms with van der Waals surface area (Å²) >= 11 is 0. The molecule has 4 rings (SSSR count). The number of fused-ring (bicyclic) bond motifs is 2. The molecule has 0 spiro atoms. The van der Waals surface area contributed by atoms with Crippen LogP contribution in [0, 0.1) is 0 Å². The van der Waals surface area contributed by atoms with E-state index in [9.17, 15) is 4.79 Å². The van der Waals surface area contributed by atoms with Gasteiger partial charge in [-0.05, 0) is 54.7 Å². The number of benzene rings is 2. The maximum absolute atomic E-state index is 13.0.